The van der Waals surface area contributed by atoms with Crippen LogP contribution in [0.3, 0.4) is 0 Å². The summed E-state index contributed by atoms with van der Waals surface area (Å²) in [7, 11) is 0. The molecule has 4 nitrogen and oxygen atoms in total. The van der Waals surface area contributed by atoms with Crippen molar-refractivity contribution in [1.29, 1.82) is 0 Å². The van der Waals surface area contributed by atoms with E-state index in [-0.39, 0.29) is 26.1 Å². The number of carboxylic acid groups (broad SMARTS) is 1. The largest absolute Gasteiger partial charge is 0.478 e. The molecular weight excluding hydrogens is 263 g/mol. The van der Waals surface area contributed by atoms with E-state index in [0.717, 1.165) is 6.07 Å². The lowest BCUT2D eigenvalue weighted by Gasteiger charge is -2.08. The molecule has 1 aromatic carbocycles. The van der Waals surface area contributed by atoms with Crippen LogP contribution in [0.4, 0.5) is 0 Å². The summed E-state index contributed by atoms with van der Waals surface area (Å²) in [6, 6.07) is 1.04. The molecule has 0 aliphatic heterocycles. The summed E-state index contributed by atoms with van der Waals surface area (Å²) < 4.78 is 19.7. The van der Waals surface area contributed by atoms with Gasteiger partial charge in [0.2, 0.25) is 0 Å². The zero-order valence-corrected chi connectivity index (χ0v) is 9.78. The monoisotopic (exact) mass is 268 g/mol. The zero-order chi connectivity index (χ0) is 11.7. The number of hydrogen-bond acceptors (Lipinski definition) is 2. The number of hydrogen-bond donors (Lipinski definition) is 2. The summed E-state index contributed by atoms with van der Waals surface area (Å²) in [6.07, 6.45) is 0. The van der Waals surface area contributed by atoms with Crippen molar-refractivity contribution in [2.75, 3.05) is 0 Å². The van der Waals surface area contributed by atoms with E-state index in [1.807, 2.05) is 0 Å². The van der Waals surface area contributed by atoms with Crippen molar-refractivity contribution in [2.45, 2.75) is 11.8 Å². The highest BCUT2D eigenvalue weighted by Crippen LogP contribution is 2.33. The molecule has 0 heterocycles. The number of carbonyl (C=O) groups is 1. The van der Waals surface area contributed by atoms with Gasteiger partial charge in [-0.25, -0.2) is 9.00 Å². The molecule has 0 aliphatic carbocycles. The maximum absolute atomic E-state index is 10.8. The third-order valence-corrected chi connectivity index (χ3v) is 3.61. The van der Waals surface area contributed by atoms with Gasteiger partial charge in [-0.1, -0.05) is 23.2 Å². The van der Waals surface area contributed by atoms with E-state index in [4.69, 9.17) is 32.9 Å². The van der Waals surface area contributed by atoms with Crippen LogP contribution < -0.4 is 0 Å². The van der Waals surface area contributed by atoms with Crippen molar-refractivity contribution in [2.24, 2.45) is 0 Å². The molecule has 1 unspecified atom stereocenters. The molecule has 0 fully saturated rings. The Bertz CT molecular complexity index is 420. The predicted molar refractivity (Wildman–Crippen MR) is 57.2 cm³/mol. The predicted octanol–water partition coefficient (Wildman–Crippen LogP) is 2.58. The number of rotatable bonds is 2. The molecule has 0 amide bonds. The minimum absolute atomic E-state index is 0.0195. The van der Waals surface area contributed by atoms with Crippen LogP contribution in [0.15, 0.2) is 11.0 Å². The molecule has 0 aliphatic rings. The van der Waals surface area contributed by atoms with Crippen LogP contribution in [-0.2, 0) is 11.1 Å². The fourth-order valence-electron chi connectivity index (χ4n) is 1.04. The quantitative estimate of drug-likeness (QED) is 0.809. The molecule has 1 aromatic rings. The molecule has 15 heavy (non-hydrogen) atoms. The zero-order valence-electron chi connectivity index (χ0n) is 7.45. The Kier molecular flexibility index (Phi) is 3.72. The van der Waals surface area contributed by atoms with Gasteiger partial charge in [0.15, 0.2) is 11.1 Å². The summed E-state index contributed by atoms with van der Waals surface area (Å²) >= 11 is 9.06. The average molecular weight is 269 g/mol. The summed E-state index contributed by atoms with van der Waals surface area (Å²) in [5.41, 5.74) is 0.130. The lowest BCUT2D eigenvalue weighted by Crippen LogP contribution is -2.03. The van der Waals surface area contributed by atoms with Gasteiger partial charge in [-0.3, -0.25) is 0 Å². The second-order valence-electron chi connectivity index (χ2n) is 2.73. The average Bonchev–Trinajstić information content (AvgIpc) is 2.13. The molecular formula is C8H6Cl2O4S. The highest BCUT2D eigenvalue weighted by molar-refractivity contribution is 7.79. The Morgan fingerprint density at radius 3 is 2.33 bits per heavy atom. The molecule has 0 bridgehead atoms. The Morgan fingerprint density at radius 2 is 1.93 bits per heavy atom. The molecule has 0 spiro atoms. The third-order valence-electron chi connectivity index (χ3n) is 1.84. The highest BCUT2D eigenvalue weighted by atomic mass is 35.5. The number of halogens is 2. The molecule has 2 N–H and O–H groups in total. The van der Waals surface area contributed by atoms with Gasteiger partial charge < -0.3 is 9.66 Å². The Hall–Kier alpha value is -0.620. The standard InChI is InChI=1S/C8H6Cl2O4S/c1-3-4(8(11)12)2-5(15(13)14)7(10)6(3)9/h2H,1H3,(H,11,12)(H,13,14). The van der Waals surface area contributed by atoms with Crippen molar-refractivity contribution in [3.63, 3.8) is 0 Å². The van der Waals surface area contributed by atoms with Crippen LogP contribution >= 0.6 is 23.2 Å². The van der Waals surface area contributed by atoms with Gasteiger partial charge in [0.1, 0.15) is 0 Å². The molecule has 1 atom stereocenters. The van der Waals surface area contributed by atoms with Gasteiger partial charge in [0.25, 0.3) is 0 Å². The van der Waals surface area contributed by atoms with E-state index in [9.17, 15) is 9.00 Å². The van der Waals surface area contributed by atoms with Gasteiger partial charge in [-0.2, -0.15) is 0 Å². The lowest BCUT2D eigenvalue weighted by atomic mass is 10.1. The molecule has 0 aromatic heterocycles. The van der Waals surface area contributed by atoms with Gasteiger partial charge in [0.05, 0.1) is 20.5 Å². The molecule has 82 valence electrons. The van der Waals surface area contributed by atoms with Crippen molar-refractivity contribution in [1.82, 2.24) is 0 Å². The van der Waals surface area contributed by atoms with Gasteiger partial charge in [0, 0.05) is 0 Å². The Balaban J connectivity index is 3.59. The number of benzene rings is 1. The van der Waals surface area contributed by atoms with Crippen LogP contribution in [0.5, 0.6) is 0 Å². The minimum atomic E-state index is -2.37. The molecule has 1 rings (SSSR count). The smallest absolute Gasteiger partial charge is 0.336 e. The second kappa shape index (κ2) is 4.49. The first-order chi connectivity index (χ1) is 6.86. The van der Waals surface area contributed by atoms with Crippen LogP contribution in [0.2, 0.25) is 10.0 Å². The Labute approximate surface area is 98.1 Å². The molecule has 0 saturated carbocycles. The van der Waals surface area contributed by atoms with Gasteiger partial charge in [-0.05, 0) is 18.6 Å². The van der Waals surface area contributed by atoms with E-state index in [1.54, 1.807) is 0 Å². The first kappa shape index (κ1) is 12.4. The number of carboxylic acids is 1. The normalized spacial score (nSPS) is 12.5. The maximum Gasteiger partial charge on any atom is 0.336 e. The van der Waals surface area contributed by atoms with Crippen LogP contribution in [0, 0.1) is 6.92 Å². The maximum atomic E-state index is 10.8. The number of aromatic carboxylic acids is 1. The fourth-order valence-corrected chi connectivity index (χ4v) is 2.17. The SMILES string of the molecule is Cc1c(C(=O)O)cc(S(=O)O)c(Cl)c1Cl. The van der Waals surface area contributed by atoms with Gasteiger partial charge >= 0.3 is 5.97 Å². The molecule has 0 saturated heterocycles. The van der Waals surface area contributed by atoms with Crippen molar-refractivity contribution in [3.05, 3.63) is 27.2 Å². The van der Waals surface area contributed by atoms with E-state index in [1.165, 1.54) is 6.92 Å². The summed E-state index contributed by atoms with van der Waals surface area (Å²) in [6.45, 7) is 1.47. The lowest BCUT2D eigenvalue weighted by molar-refractivity contribution is 0.0696. The van der Waals surface area contributed by atoms with Crippen LogP contribution in [0.25, 0.3) is 0 Å². The van der Waals surface area contributed by atoms with Crippen molar-refractivity contribution in [3.8, 4) is 0 Å². The van der Waals surface area contributed by atoms with Crippen molar-refractivity contribution < 1.29 is 18.7 Å². The van der Waals surface area contributed by atoms with E-state index < -0.39 is 17.0 Å². The van der Waals surface area contributed by atoms with E-state index >= 15 is 0 Å². The van der Waals surface area contributed by atoms with E-state index in [2.05, 4.69) is 0 Å². The summed E-state index contributed by atoms with van der Waals surface area (Å²) in [5, 5.41) is 8.69. The fraction of sp³-hybridized carbons (Fsp3) is 0.125. The van der Waals surface area contributed by atoms with Gasteiger partial charge in [-0.15, -0.1) is 0 Å². The minimum Gasteiger partial charge on any atom is -0.478 e. The topological polar surface area (TPSA) is 74.6 Å². The molecule has 7 heteroatoms. The summed E-state index contributed by atoms with van der Waals surface area (Å²) in [4.78, 5) is 10.6. The summed E-state index contributed by atoms with van der Waals surface area (Å²) in [5.74, 6) is -1.22. The van der Waals surface area contributed by atoms with Crippen molar-refractivity contribution >= 4 is 40.3 Å². The molecule has 0 radical (unpaired) electrons. The van der Waals surface area contributed by atoms with E-state index in [0.29, 0.717) is 0 Å². The highest BCUT2D eigenvalue weighted by Gasteiger charge is 2.19. The third kappa shape index (κ3) is 2.31. The second-order valence-corrected chi connectivity index (χ2v) is 4.42. The first-order valence-electron chi connectivity index (χ1n) is 3.69. The van der Waals surface area contributed by atoms with Crippen LogP contribution in [0.1, 0.15) is 15.9 Å². The first-order valence-corrected chi connectivity index (χ1v) is 5.55. The van der Waals surface area contributed by atoms with Crippen LogP contribution in [-0.4, -0.2) is 19.8 Å². The Morgan fingerprint density at radius 1 is 1.40 bits per heavy atom.